The Labute approximate surface area is 176 Å². The summed E-state index contributed by atoms with van der Waals surface area (Å²) in [6.45, 7) is 9.95. The molecule has 0 fully saturated rings. The van der Waals surface area contributed by atoms with Crippen LogP contribution in [0, 0.1) is 5.92 Å². The number of nitrogens with two attached hydrogens (primary N) is 2. The Balaban J connectivity index is 1.98. The highest BCUT2D eigenvalue weighted by atomic mass is 16.5. The van der Waals surface area contributed by atoms with Gasteiger partial charge in [0.1, 0.15) is 11.5 Å². The lowest BCUT2D eigenvalue weighted by atomic mass is 9.72. The fourth-order valence-electron chi connectivity index (χ4n) is 3.22. The van der Waals surface area contributed by atoms with Gasteiger partial charge in [0.05, 0.1) is 5.41 Å². The van der Waals surface area contributed by atoms with Gasteiger partial charge in [-0.15, -0.1) is 0 Å². The molecule has 8 heteroatoms. The largest absolute Gasteiger partial charge is 0.404 e. The number of rotatable bonds is 7. The van der Waals surface area contributed by atoms with Gasteiger partial charge < -0.3 is 16.0 Å². The molecule has 3 aromatic rings. The van der Waals surface area contributed by atoms with Gasteiger partial charge in [-0.1, -0.05) is 49.8 Å². The van der Waals surface area contributed by atoms with Gasteiger partial charge in [-0.25, -0.2) is 4.99 Å². The zero-order valence-electron chi connectivity index (χ0n) is 17.7. The number of aliphatic imine (C=N–C) groups is 1. The van der Waals surface area contributed by atoms with Crippen LogP contribution in [0.1, 0.15) is 37.7 Å². The van der Waals surface area contributed by atoms with Gasteiger partial charge >= 0.3 is 0 Å². The molecule has 2 aromatic heterocycles. The predicted octanol–water partition coefficient (Wildman–Crippen LogP) is 3.23. The maximum atomic E-state index is 5.75. The zero-order chi connectivity index (χ0) is 21.9. The van der Waals surface area contributed by atoms with Crippen LogP contribution < -0.4 is 11.5 Å². The monoisotopic (exact) mass is 405 g/mol. The first-order chi connectivity index (χ1) is 14.3. The molecule has 0 spiro atoms. The van der Waals surface area contributed by atoms with E-state index in [1.165, 1.54) is 6.20 Å². The van der Waals surface area contributed by atoms with Gasteiger partial charge in [-0.05, 0) is 30.0 Å². The van der Waals surface area contributed by atoms with E-state index >= 15 is 0 Å². The minimum absolute atomic E-state index is 0.215. The summed E-state index contributed by atoms with van der Waals surface area (Å²) in [5.41, 5.74) is 14.3. The lowest BCUT2D eigenvalue weighted by Gasteiger charge is -2.31. The second kappa shape index (κ2) is 8.36. The number of aromatic nitrogens is 4. The summed E-state index contributed by atoms with van der Waals surface area (Å²) in [4.78, 5) is 8.71. The van der Waals surface area contributed by atoms with Crippen LogP contribution in [0.3, 0.4) is 0 Å². The molecule has 2 heterocycles. The summed E-state index contributed by atoms with van der Waals surface area (Å²) in [7, 11) is 1.84. The van der Waals surface area contributed by atoms with E-state index in [9.17, 15) is 0 Å². The Kier molecular flexibility index (Phi) is 5.86. The maximum absolute atomic E-state index is 5.75. The minimum Gasteiger partial charge on any atom is -0.404 e. The predicted molar refractivity (Wildman–Crippen MR) is 118 cm³/mol. The Hall–Kier alpha value is -3.68. The average molecular weight is 406 g/mol. The quantitative estimate of drug-likeness (QED) is 0.582. The summed E-state index contributed by atoms with van der Waals surface area (Å²) in [6, 6.07) is 9.91. The molecule has 0 aliphatic rings. The summed E-state index contributed by atoms with van der Waals surface area (Å²) < 4.78 is 7.26. The zero-order valence-corrected chi connectivity index (χ0v) is 17.7. The average Bonchev–Trinajstić information content (AvgIpc) is 3.37. The summed E-state index contributed by atoms with van der Waals surface area (Å²) in [5.74, 6) is 1.50. The summed E-state index contributed by atoms with van der Waals surface area (Å²) >= 11 is 0. The molecule has 0 saturated carbocycles. The van der Waals surface area contributed by atoms with E-state index in [-0.39, 0.29) is 11.7 Å². The van der Waals surface area contributed by atoms with Crippen LogP contribution in [0.4, 0.5) is 0 Å². The highest BCUT2D eigenvalue weighted by molar-refractivity contribution is 6.09. The van der Waals surface area contributed by atoms with Crippen LogP contribution in [0.2, 0.25) is 0 Å². The third-order valence-corrected chi connectivity index (χ3v) is 5.45. The van der Waals surface area contributed by atoms with Crippen LogP contribution >= 0.6 is 0 Å². The normalized spacial score (nSPS) is 14.4. The molecule has 0 aliphatic heterocycles. The number of aryl methyl sites for hydroxylation is 1. The fourth-order valence-corrected chi connectivity index (χ4v) is 3.22. The van der Waals surface area contributed by atoms with Gasteiger partial charge in [0.2, 0.25) is 0 Å². The summed E-state index contributed by atoms with van der Waals surface area (Å²) in [5, 5.41) is 8.47. The number of hydrogen-bond acceptors (Lipinski definition) is 7. The molecule has 156 valence electrons. The first kappa shape index (κ1) is 21.0. The molecular formula is C22H27N7O. The van der Waals surface area contributed by atoms with Gasteiger partial charge in [0, 0.05) is 31.2 Å². The molecule has 1 unspecified atom stereocenters. The SMILES string of the molecule is C=C(N)/N=C\C(=C/N)c1ccc(C(C)(c2noc(-c3ccnn3C)n2)C(C)C)cc1. The van der Waals surface area contributed by atoms with Gasteiger partial charge in [0.25, 0.3) is 5.89 Å². The van der Waals surface area contributed by atoms with Gasteiger partial charge in [-0.2, -0.15) is 10.1 Å². The van der Waals surface area contributed by atoms with E-state index in [2.05, 4.69) is 42.6 Å². The molecular weight excluding hydrogens is 378 g/mol. The van der Waals surface area contributed by atoms with Crippen molar-refractivity contribution in [2.45, 2.75) is 26.2 Å². The van der Waals surface area contributed by atoms with Crippen molar-refractivity contribution in [3.8, 4) is 11.6 Å². The molecule has 8 nitrogen and oxygen atoms in total. The topological polar surface area (TPSA) is 121 Å². The number of allylic oxidation sites excluding steroid dienone is 1. The fraction of sp³-hybridized carbons (Fsp3) is 0.273. The van der Waals surface area contributed by atoms with Gasteiger partial charge in [-0.3, -0.25) is 4.68 Å². The van der Waals surface area contributed by atoms with E-state index in [0.717, 1.165) is 22.4 Å². The van der Waals surface area contributed by atoms with Crippen molar-refractivity contribution in [3.63, 3.8) is 0 Å². The number of benzene rings is 1. The molecule has 0 saturated heterocycles. The van der Waals surface area contributed by atoms with Crippen molar-refractivity contribution in [2.75, 3.05) is 0 Å². The number of nitrogens with zero attached hydrogens (tertiary/aromatic N) is 5. The number of hydrogen-bond donors (Lipinski definition) is 2. The highest BCUT2D eigenvalue weighted by Gasteiger charge is 2.37. The lowest BCUT2D eigenvalue weighted by Crippen LogP contribution is -2.31. The smallest absolute Gasteiger partial charge is 0.276 e. The minimum atomic E-state index is -0.453. The Morgan fingerprint density at radius 1 is 1.27 bits per heavy atom. The van der Waals surface area contributed by atoms with E-state index in [4.69, 9.17) is 21.0 Å². The Morgan fingerprint density at radius 3 is 2.50 bits per heavy atom. The molecule has 0 bridgehead atoms. The molecule has 1 aromatic carbocycles. The van der Waals surface area contributed by atoms with E-state index in [1.807, 2.05) is 37.4 Å². The molecule has 4 N–H and O–H groups in total. The first-order valence-electron chi connectivity index (χ1n) is 9.61. The van der Waals surface area contributed by atoms with E-state index in [1.54, 1.807) is 17.1 Å². The second-order valence-corrected chi connectivity index (χ2v) is 7.57. The van der Waals surface area contributed by atoms with Crippen molar-refractivity contribution in [1.29, 1.82) is 0 Å². The van der Waals surface area contributed by atoms with Crippen LogP contribution in [0.15, 0.2) is 64.6 Å². The second-order valence-electron chi connectivity index (χ2n) is 7.57. The molecule has 1 atom stereocenters. The van der Waals surface area contributed by atoms with Crippen LogP contribution in [-0.4, -0.2) is 26.1 Å². The van der Waals surface area contributed by atoms with Crippen molar-refractivity contribution in [3.05, 3.63) is 72.1 Å². The Bertz CT molecular complexity index is 1090. The Morgan fingerprint density at radius 2 is 1.97 bits per heavy atom. The third kappa shape index (κ3) is 3.89. The van der Waals surface area contributed by atoms with Crippen molar-refractivity contribution < 1.29 is 4.52 Å². The van der Waals surface area contributed by atoms with Crippen LogP contribution in [0.25, 0.3) is 17.2 Å². The highest BCUT2D eigenvalue weighted by Crippen LogP contribution is 2.38. The molecule has 0 amide bonds. The van der Waals surface area contributed by atoms with E-state index in [0.29, 0.717) is 11.7 Å². The van der Waals surface area contributed by atoms with Crippen LogP contribution in [0.5, 0.6) is 0 Å². The lowest BCUT2D eigenvalue weighted by molar-refractivity contribution is 0.350. The van der Waals surface area contributed by atoms with Gasteiger partial charge in [0.15, 0.2) is 5.82 Å². The first-order valence-corrected chi connectivity index (χ1v) is 9.61. The van der Waals surface area contributed by atoms with Crippen molar-refractivity contribution >= 4 is 11.8 Å². The van der Waals surface area contributed by atoms with Crippen molar-refractivity contribution in [1.82, 2.24) is 19.9 Å². The molecule has 3 rings (SSSR count). The third-order valence-electron chi connectivity index (χ3n) is 5.45. The summed E-state index contributed by atoms with van der Waals surface area (Å²) in [6.07, 6.45) is 4.78. The molecule has 0 aliphatic carbocycles. The maximum Gasteiger partial charge on any atom is 0.276 e. The molecule has 0 radical (unpaired) electrons. The van der Waals surface area contributed by atoms with Crippen LogP contribution in [-0.2, 0) is 12.5 Å². The molecule has 30 heavy (non-hydrogen) atoms. The standard InChI is InChI=1S/C22H27N7O/c1-14(2)22(4,21-27-20(30-28-21)19-10-11-26-29(19)5)18-8-6-16(7-9-18)17(12-23)13-25-15(3)24/h6-14H,3,23-24H2,1-2,4-5H3/b17-12+,25-13-. The van der Waals surface area contributed by atoms with E-state index < -0.39 is 5.41 Å². The van der Waals surface area contributed by atoms with Crippen molar-refractivity contribution in [2.24, 2.45) is 29.4 Å².